The van der Waals surface area contributed by atoms with Gasteiger partial charge < -0.3 is 10.2 Å². The van der Waals surface area contributed by atoms with Crippen LogP contribution in [0.1, 0.15) is 17.8 Å². The van der Waals surface area contributed by atoms with Crippen LogP contribution in [0.25, 0.3) is 5.57 Å². The van der Waals surface area contributed by atoms with E-state index in [-0.39, 0.29) is 0 Å². The number of guanidine groups is 1. The molecule has 1 aromatic heterocycles. The van der Waals surface area contributed by atoms with Crippen LogP contribution in [0, 0.1) is 0 Å². The first-order valence-electron chi connectivity index (χ1n) is 7.81. The van der Waals surface area contributed by atoms with E-state index in [4.69, 9.17) is 0 Å². The zero-order valence-electron chi connectivity index (χ0n) is 13.6. The molecule has 0 amide bonds. The van der Waals surface area contributed by atoms with Crippen LogP contribution < -0.4 is 5.32 Å². The standard InChI is InChI=1S/C17H22N6/c1-18-17(19-12-16-20-13-21-22(16)2)23-10-8-15(9-11-23)14-6-4-3-5-7-14/h3-8,13H,9-12H2,1-2H3,(H,18,19). The lowest BCUT2D eigenvalue weighted by Crippen LogP contribution is -2.43. The summed E-state index contributed by atoms with van der Waals surface area (Å²) in [5.41, 5.74) is 2.72. The fourth-order valence-electron chi connectivity index (χ4n) is 2.75. The minimum Gasteiger partial charge on any atom is -0.349 e. The highest BCUT2D eigenvalue weighted by Gasteiger charge is 2.16. The SMILES string of the molecule is CN=C(NCc1ncnn1C)N1CC=C(c2ccccc2)CC1. The Hall–Kier alpha value is -2.63. The average Bonchev–Trinajstić information content (AvgIpc) is 3.02. The molecule has 23 heavy (non-hydrogen) atoms. The van der Waals surface area contributed by atoms with Gasteiger partial charge in [0, 0.05) is 27.2 Å². The van der Waals surface area contributed by atoms with Gasteiger partial charge in [0.25, 0.3) is 0 Å². The molecule has 6 nitrogen and oxygen atoms in total. The molecule has 0 radical (unpaired) electrons. The summed E-state index contributed by atoms with van der Waals surface area (Å²) in [7, 11) is 3.71. The van der Waals surface area contributed by atoms with Crippen LogP contribution in [0.15, 0.2) is 47.7 Å². The minimum atomic E-state index is 0.620. The summed E-state index contributed by atoms with van der Waals surface area (Å²) in [6, 6.07) is 10.6. The second-order valence-electron chi connectivity index (χ2n) is 5.49. The predicted molar refractivity (Wildman–Crippen MR) is 91.8 cm³/mol. The molecule has 1 aliphatic rings. The van der Waals surface area contributed by atoms with Crippen molar-refractivity contribution in [3.05, 3.63) is 54.1 Å². The van der Waals surface area contributed by atoms with Crippen molar-refractivity contribution in [1.82, 2.24) is 25.0 Å². The lowest BCUT2D eigenvalue weighted by molar-refractivity contribution is 0.438. The highest BCUT2D eigenvalue weighted by atomic mass is 15.3. The van der Waals surface area contributed by atoms with Gasteiger partial charge in [-0.15, -0.1) is 0 Å². The van der Waals surface area contributed by atoms with Crippen LogP contribution in [0.2, 0.25) is 0 Å². The van der Waals surface area contributed by atoms with Crippen LogP contribution in [0.4, 0.5) is 0 Å². The molecule has 0 fully saturated rings. The Morgan fingerprint density at radius 3 is 2.74 bits per heavy atom. The third-order valence-electron chi connectivity index (χ3n) is 4.07. The highest BCUT2D eigenvalue weighted by Crippen LogP contribution is 2.21. The number of hydrogen-bond acceptors (Lipinski definition) is 3. The molecule has 0 spiro atoms. The summed E-state index contributed by atoms with van der Waals surface area (Å²) in [6.07, 6.45) is 4.87. The fraction of sp³-hybridized carbons (Fsp3) is 0.353. The van der Waals surface area contributed by atoms with Gasteiger partial charge in [-0.1, -0.05) is 36.4 Å². The smallest absolute Gasteiger partial charge is 0.194 e. The van der Waals surface area contributed by atoms with Crippen molar-refractivity contribution in [2.75, 3.05) is 20.1 Å². The van der Waals surface area contributed by atoms with Gasteiger partial charge in [0.1, 0.15) is 12.2 Å². The van der Waals surface area contributed by atoms with E-state index in [1.54, 1.807) is 11.0 Å². The van der Waals surface area contributed by atoms with E-state index in [1.807, 2.05) is 14.1 Å². The van der Waals surface area contributed by atoms with Crippen molar-refractivity contribution in [1.29, 1.82) is 0 Å². The highest BCUT2D eigenvalue weighted by molar-refractivity contribution is 5.81. The average molecular weight is 310 g/mol. The zero-order valence-corrected chi connectivity index (χ0v) is 13.6. The van der Waals surface area contributed by atoms with Crippen LogP contribution in [-0.4, -0.2) is 45.8 Å². The van der Waals surface area contributed by atoms with Crippen molar-refractivity contribution in [2.45, 2.75) is 13.0 Å². The van der Waals surface area contributed by atoms with Crippen LogP contribution >= 0.6 is 0 Å². The summed E-state index contributed by atoms with van der Waals surface area (Å²) in [4.78, 5) is 10.9. The zero-order chi connectivity index (χ0) is 16.1. The third kappa shape index (κ3) is 3.59. The van der Waals surface area contributed by atoms with E-state index in [0.29, 0.717) is 6.54 Å². The van der Waals surface area contributed by atoms with Gasteiger partial charge in [0.05, 0.1) is 6.54 Å². The Labute approximate surface area is 136 Å². The molecule has 1 aromatic carbocycles. The molecule has 0 saturated carbocycles. The number of aryl methyl sites for hydroxylation is 1. The molecule has 2 aromatic rings. The maximum Gasteiger partial charge on any atom is 0.194 e. The minimum absolute atomic E-state index is 0.620. The molecule has 1 aliphatic heterocycles. The number of aromatic nitrogens is 3. The van der Waals surface area contributed by atoms with Crippen molar-refractivity contribution in [3.63, 3.8) is 0 Å². The Bertz CT molecular complexity index is 701. The molecule has 6 heteroatoms. The van der Waals surface area contributed by atoms with E-state index in [2.05, 4.69) is 61.7 Å². The Balaban J connectivity index is 1.61. The van der Waals surface area contributed by atoms with Crippen molar-refractivity contribution in [2.24, 2.45) is 12.0 Å². The predicted octanol–water partition coefficient (Wildman–Crippen LogP) is 1.68. The lowest BCUT2D eigenvalue weighted by Gasteiger charge is -2.29. The normalized spacial score (nSPS) is 15.5. The first-order valence-corrected chi connectivity index (χ1v) is 7.81. The quantitative estimate of drug-likeness (QED) is 0.692. The third-order valence-corrected chi connectivity index (χ3v) is 4.07. The summed E-state index contributed by atoms with van der Waals surface area (Å²) >= 11 is 0. The topological polar surface area (TPSA) is 58.3 Å². The van der Waals surface area contributed by atoms with Crippen molar-refractivity contribution >= 4 is 11.5 Å². The van der Waals surface area contributed by atoms with E-state index in [9.17, 15) is 0 Å². The van der Waals surface area contributed by atoms with Gasteiger partial charge in [-0.2, -0.15) is 5.10 Å². The van der Waals surface area contributed by atoms with Gasteiger partial charge >= 0.3 is 0 Å². The first-order chi connectivity index (χ1) is 11.3. The van der Waals surface area contributed by atoms with Crippen LogP contribution in [0.5, 0.6) is 0 Å². The molecule has 0 saturated heterocycles. The first kappa shape index (κ1) is 15.3. The maximum atomic E-state index is 4.38. The van der Waals surface area contributed by atoms with Crippen LogP contribution in [-0.2, 0) is 13.6 Å². The summed E-state index contributed by atoms with van der Waals surface area (Å²) in [5, 5.41) is 7.44. The van der Waals surface area contributed by atoms with Gasteiger partial charge in [0.15, 0.2) is 5.96 Å². The summed E-state index contributed by atoms with van der Waals surface area (Å²) < 4.78 is 1.77. The number of benzene rings is 1. The molecule has 0 aliphatic carbocycles. The van der Waals surface area contributed by atoms with Crippen LogP contribution in [0.3, 0.4) is 0 Å². The second-order valence-corrected chi connectivity index (χ2v) is 5.49. The largest absolute Gasteiger partial charge is 0.349 e. The number of aliphatic imine (C=N–C) groups is 1. The molecule has 1 N–H and O–H groups in total. The fourth-order valence-corrected chi connectivity index (χ4v) is 2.75. The molecule has 0 unspecified atom stereocenters. The Morgan fingerprint density at radius 2 is 2.13 bits per heavy atom. The van der Waals surface area contributed by atoms with Gasteiger partial charge in [-0.05, 0) is 17.6 Å². The van der Waals surface area contributed by atoms with Gasteiger partial charge in [-0.3, -0.25) is 9.67 Å². The molecule has 3 rings (SSSR count). The second kappa shape index (κ2) is 7.09. The maximum absolute atomic E-state index is 4.38. The molecule has 0 atom stereocenters. The Kier molecular flexibility index (Phi) is 4.71. The number of nitrogens with zero attached hydrogens (tertiary/aromatic N) is 5. The number of nitrogens with one attached hydrogen (secondary N) is 1. The number of rotatable bonds is 3. The van der Waals surface area contributed by atoms with E-state index < -0.39 is 0 Å². The molecular weight excluding hydrogens is 288 g/mol. The Morgan fingerprint density at radius 1 is 1.30 bits per heavy atom. The van der Waals surface area contributed by atoms with E-state index in [0.717, 1.165) is 31.3 Å². The number of hydrogen-bond donors (Lipinski definition) is 1. The lowest BCUT2D eigenvalue weighted by atomic mass is 10.00. The molecule has 0 bridgehead atoms. The van der Waals surface area contributed by atoms with E-state index in [1.165, 1.54) is 11.1 Å². The molecular formula is C17H22N6. The van der Waals surface area contributed by atoms with Crippen molar-refractivity contribution in [3.8, 4) is 0 Å². The van der Waals surface area contributed by atoms with Gasteiger partial charge in [-0.25, -0.2) is 4.98 Å². The monoisotopic (exact) mass is 310 g/mol. The van der Waals surface area contributed by atoms with E-state index >= 15 is 0 Å². The summed E-state index contributed by atoms with van der Waals surface area (Å²) in [6.45, 7) is 2.44. The molecule has 2 heterocycles. The molecule has 120 valence electrons. The van der Waals surface area contributed by atoms with Crippen molar-refractivity contribution < 1.29 is 0 Å². The summed E-state index contributed by atoms with van der Waals surface area (Å²) in [5.74, 6) is 1.79. The van der Waals surface area contributed by atoms with Gasteiger partial charge in [0.2, 0.25) is 0 Å².